The van der Waals surface area contributed by atoms with E-state index in [0.717, 1.165) is 12.2 Å². The predicted octanol–water partition coefficient (Wildman–Crippen LogP) is 4.76. The molecule has 2 aromatic rings. The van der Waals surface area contributed by atoms with Crippen LogP contribution < -0.4 is 4.74 Å². The minimum absolute atomic E-state index is 0. The fourth-order valence-electron chi connectivity index (χ4n) is 3.71. The minimum atomic E-state index is -0.460. The van der Waals surface area contributed by atoms with Gasteiger partial charge in [-0.05, 0) is 49.8 Å². The Kier molecular flexibility index (Phi) is 8.42. The van der Waals surface area contributed by atoms with Gasteiger partial charge in [0.1, 0.15) is 18.5 Å². The fourth-order valence-corrected chi connectivity index (χ4v) is 4.44. The molecule has 144 valence electrons. The van der Waals surface area contributed by atoms with Crippen molar-refractivity contribution in [2.24, 2.45) is 0 Å². The van der Waals surface area contributed by atoms with Crippen molar-refractivity contribution in [2.75, 3.05) is 13.2 Å². The molecule has 0 aliphatic carbocycles. The summed E-state index contributed by atoms with van der Waals surface area (Å²) in [5.41, 5.74) is 1.18. The van der Waals surface area contributed by atoms with Crippen molar-refractivity contribution in [3.05, 3.63) is 52.2 Å². The second kappa shape index (κ2) is 10.3. The largest absolute Gasteiger partial charge is 0.491 e. The van der Waals surface area contributed by atoms with Crippen LogP contribution in [0.25, 0.3) is 0 Å². The van der Waals surface area contributed by atoms with Gasteiger partial charge in [0.25, 0.3) is 0 Å². The highest BCUT2D eigenvalue weighted by Gasteiger charge is 2.26. The summed E-state index contributed by atoms with van der Waals surface area (Å²) in [6, 6.07) is 13.5. The van der Waals surface area contributed by atoms with Crippen LogP contribution in [-0.2, 0) is 6.42 Å². The number of hydrogen-bond acceptors (Lipinski definition) is 4. The number of β-amino-alcohol motifs (C(OH)–C–C–N with tert-alkyl or cyclic N) is 1. The van der Waals surface area contributed by atoms with Crippen LogP contribution in [0, 0.1) is 0 Å². The molecular formula is C21H30ClNO2S. The lowest BCUT2D eigenvalue weighted by atomic mass is 9.97. The van der Waals surface area contributed by atoms with Gasteiger partial charge < -0.3 is 9.84 Å². The van der Waals surface area contributed by atoms with Gasteiger partial charge in [0.15, 0.2) is 0 Å². The van der Waals surface area contributed by atoms with E-state index >= 15 is 0 Å². The summed E-state index contributed by atoms with van der Waals surface area (Å²) in [4.78, 5) is 3.75. The van der Waals surface area contributed by atoms with Crippen LogP contribution in [0.15, 0.2) is 41.8 Å². The summed E-state index contributed by atoms with van der Waals surface area (Å²) in [5.74, 6) is 0.884. The highest BCUT2D eigenvalue weighted by Crippen LogP contribution is 2.25. The highest BCUT2D eigenvalue weighted by atomic mass is 35.5. The molecular weight excluding hydrogens is 366 g/mol. The molecule has 1 fully saturated rings. The first-order chi connectivity index (χ1) is 12.1. The molecule has 0 spiro atoms. The van der Waals surface area contributed by atoms with Crippen LogP contribution in [0.4, 0.5) is 0 Å². The number of rotatable bonds is 7. The van der Waals surface area contributed by atoms with Gasteiger partial charge in [-0.15, -0.1) is 23.7 Å². The van der Waals surface area contributed by atoms with Gasteiger partial charge in [-0.25, -0.2) is 0 Å². The molecule has 1 aliphatic heterocycles. The molecule has 26 heavy (non-hydrogen) atoms. The van der Waals surface area contributed by atoms with Gasteiger partial charge in [0, 0.05) is 29.9 Å². The van der Waals surface area contributed by atoms with Crippen molar-refractivity contribution in [1.29, 1.82) is 0 Å². The molecule has 1 aromatic heterocycles. The van der Waals surface area contributed by atoms with Gasteiger partial charge in [0.2, 0.25) is 0 Å². The van der Waals surface area contributed by atoms with E-state index in [0.29, 0.717) is 25.2 Å². The average Bonchev–Trinajstić information content (AvgIpc) is 3.11. The second-order valence-corrected chi connectivity index (χ2v) is 8.19. The van der Waals surface area contributed by atoms with Gasteiger partial charge in [0.05, 0.1) is 0 Å². The second-order valence-electron chi connectivity index (χ2n) is 7.15. The summed E-state index contributed by atoms with van der Waals surface area (Å²) in [5, 5.41) is 12.6. The molecule has 3 rings (SSSR count). The molecule has 0 saturated carbocycles. The first-order valence-corrected chi connectivity index (χ1v) is 10.2. The first kappa shape index (κ1) is 21.2. The van der Waals surface area contributed by atoms with E-state index in [1.165, 1.54) is 29.7 Å². The fraction of sp³-hybridized carbons (Fsp3) is 0.524. The van der Waals surface area contributed by atoms with Crippen LogP contribution >= 0.6 is 23.7 Å². The maximum Gasteiger partial charge on any atom is 0.122 e. The molecule has 0 radical (unpaired) electrons. The average molecular weight is 396 g/mol. The Balaban J connectivity index is 0.00000243. The lowest BCUT2D eigenvalue weighted by Gasteiger charge is -2.40. The molecule has 3 unspecified atom stereocenters. The molecule has 3 atom stereocenters. The zero-order chi connectivity index (χ0) is 17.6. The molecule has 0 bridgehead atoms. The number of nitrogens with zero attached hydrogens (tertiary/aromatic N) is 1. The Hall–Kier alpha value is -1.07. The molecule has 1 N–H and O–H groups in total. The number of aliphatic hydroxyl groups is 1. The third kappa shape index (κ3) is 5.71. The van der Waals surface area contributed by atoms with E-state index in [1.807, 2.05) is 18.2 Å². The van der Waals surface area contributed by atoms with Gasteiger partial charge in [-0.3, -0.25) is 4.90 Å². The van der Waals surface area contributed by atoms with E-state index in [-0.39, 0.29) is 12.4 Å². The molecule has 3 nitrogen and oxygen atoms in total. The molecule has 1 aliphatic rings. The standard InChI is InChI=1S/C21H29NO2S.ClH/c1-16-7-5-8-17(2)22(16)14-19(23)15-24-21-11-4-3-9-18(21)13-20-10-6-12-25-20;/h3-4,6,9-12,16-17,19,23H,5,7-8,13-15H2,1-2H3;1H. The van der Waals surface area contributed by atoms with Crippen molar-refractivity contribution >= 4 is 23.7 Å². The van der Waals surface area contributed by atoms with Gasteiger partial charge in [-0.2, -0.15) is 0 Å². The number of benzene rings is 1. The Morgan fingerprint density at radius 3 is 2.58 bits per heavy atom. The summed E-state index contributed by atoms with van der Waals surface area (Å²) in [6.45, 7) is 5.56. The Labute approximate surface area is 167 Å². The lowest BCUT2D eigenvalue weighted by Crippen LogP contribution is -2.48. The smallest absolute Gasteiger partial charge is 0.122 e. The number of ether oxygens (including phenoxy) is 1. The number of aliphatic hydroxyl groups excluding tert-OH is 1. The number of likely N-dealkylation sites (tertiary alicyclic amines) is 1. The zero-order valence-corrected chi connectivity index (χ0v) is 17.3. The summed E-state index contributed by atoms with van der Waals surface area (Å²) >= 11 is 1.76. The summed E-state index contributed by atoms with van der Waals surface area (Å²) in [6.07, 6.45) is 4.16. The normalized spacial score (nSPS) is 21.8. The maximum absolute atomic E-state index is 10.5. The molecule has 1 aromatic carbocycles. The number of piperidine rings is 1. The Morgan fingerprint density at radius 2 is 1.88 bits per heavy atom. The van der Waals surface area contributed by atoms with Crippen LogP contribution in [0.2, 0.25) is 0 Å². The van der Waals surface area contributed by atoms with Crippen molar-refractivity contribution in [3.63, 3.8) is 0 Å². The van der Waals surface area contributed by atoms with Crippen molar-refractivity contribution in [2.45, 2.75) is 57.7 Å². The Morgan fingerprint density at radius 1 is 1.15 bits per heavy atom. The number of para-hydroxylation sites is 1. The summed E-state index contributed by atoms with van der Waals surface area (Å²) < 4.78 is 5.99. The monoisotopic (exact) mass is 395 g/mol. The third-order valence-electron chi connectivity index (χ3n) is 5.15. The van der Waals surface area contributed by atoms with Gasteiger partial charge in [-0.1, -0.05) is 30.7 Å². The SMILES string of the molecule is CC1CCCC(C)N1CC(O)COc1ccccc1Cc1cccs1.Cl. The topological polar surface area (TPSA) is 32.7 Å². The van der Waals surface area contributed by atoms with Crippen molar-refractivity contribution in [1.82, 2.24) is 4.90 Å². The molecule has 0 amide bonds. The zero-order valence-electron chi connectivity index (χ0n) is 15.6. The molecule has 5 heteroatoms. The van der Waals surface area contributed by atoms with E-state index in [9.17, 15) is 5.11 Å². The lowest BCUT2D eigenvalue weighted by molar-refractivity contribution is 0.0207. The van der Waals surface area contributed by atoms with Crippen molar-refractivity contribution in [3.8, 4) is 5.75 Å². The third-order valence-corrected chi connectivity index (χ3v) is 6.02. The van der Waals surface area contributed by atoms with E-state index in [1.54, 1.807) is 11.3 Å². The Bertz CT molecular complexity index is 639. The van der Waals surface area contributed by atoms with Crippen LogP contribution in [0.1, 0.15) is 43.6 Å². The van der Waals surface area contributed by atoms with Gasteiger partial charge >= 0.3 is 0 Å². The predicted molar refractivity (Wildman–Crippen MR) is 112 cm³/mol. The maximum atomic E-state index is 10.5. The van der Waals surface area contributed by atoms with E-state index < -0.39 is 6.10 Å². The number of thiophene rings is 1. The van der Waals surface area contributed by atoms with Crippen LogP contribution in [0.3, 0.4) is 0 Å². The minimum Gasteiger partial charge on any atom is -0.491 e. The van der Waals surface area contributed by atoms with Crippen LogP contribution in [0.5, 0.6) is 5.75 Å². The molecule has 2 heterocycles. The quantitative estimate of drug-likeness (QED) is 0.733. The van der Waals surface area contributed by atoms with E-state index in [2.05, 4.69) is 42.3 Å². The highest BCUT2D eigenvalue weighted by molar-refractivity contribution is 7.09. The van der Waals surface area contributed by atoms with Crippen LogP contribution in [-0.4, -0.2) is 41.3 Å². The number of hydrogen-bond donors (Lipinski definition) is 1. The van der Waals surface area contributed by atoms with E-state index in [4.69, 9.17) is 4.74 Å². The van der Waals surface area contributed by atoms with Crippen molar-refractivity contribution < 1.29 is 9.84 Å². The first-order valence-electron chi connectivity index (χ1n) is 9.30. The number of halogens is 1. The summed E-state index contributed by atoms with van der Waals surface area (Å²) in [7, 11) is 0. The molecule has 1 saturated heterocycles.